The summed E-state index contributed by atoms with van der Waals surface area (Å²) in [5.74, 6) is 0.394. The van der Waals surface area contributed by atoms with E-state index in [2.05, 4.69) is 34.1 Å². The molecular formula is C24H38N4O3S. The lowest BCUT2D eigenvalue weighted by Gasteiger charge is -2.24. The molecule has 0 bridgehead atoms. The van der Waals surface area contributed by atoms with E-state index < -0.39 is 15.6 Å². The third-order valence-corrected chi connectivity index (χ3v) is 7.62. The summed E-state index contributed by atoms with van der Waals surface area (Å²) in [6, 6.07) is 4.95. The van der Waals surface area contributed by atoms with E-state index >= 15 is 0 Å². The summed E-state index contributed by atoms with van der Waals surface area (Å²) in [7, 11) is -1.71. The number of benzene rings is 1. The van der Waals surface area contributed by atoms with Crippen molar-refractivity contribution in [2.24, 2.45) is 5.92 Å². The highest BCUT2D eigenvalue weighted by molar-refractivity contribution is 7.89. The fraction of sp³-hybridized carbons (Fsp3) is 0.625. The van der Waals surface area contributed by atoms with Crippen LogP contribution in [0, 0.1) is 5.92 Å². The molecule has 32 heavy (non-hydrogen) atoms. The molecule has 2 aliphatic rings. The third kappa shape index (κ3) is 7.05. The van der Waals surface area contributed by atoms with Gasteiger partial charge in [-0.15, -0.1) is 0 Å². The summed E-state index contributed by atoms with van der Waals surface area (Å²) in [6.45, 7) is 9.27. The number of allylic oxidation sites excluding steroid dienone is 2. The average Bonchev–Trinajstić information content (AvgIpc) is 2.95. The van der Waals surface area contributed by atoms with E-state index in [1.54, 1.807) is 12.1 Å². The van der Waals surface area contributed by atoms with Crippen LogP contribution in [0.25, 0.3) is 0 Å². The Labute approximate surface area is 193 Å². The highest BCUT2D eigenvalue weighted by Gasteiger charge is 2.26. The first-order valence-electron chi connectivity index (χ1n) is 11.6. The van der Waals surface area contributed by atoms with Gasteiger partial charge < -0.3 is 15.1 Å². The van der Waals surface area contributed by atoms with Crippen molar-refractivity contribution in [2.45, 2.75) is 56.9 Å². The lowest BCUT2D eigenvalue weighted by atomic mass is 9.94. The molecule has 2 N–H and O–H groups in total. The van der Waals surface area contributed by atoms with E-state index in [1.807, 2.05) is 25.7 Å². The predicted octanol–water partition coefficient (Wildman–Crippen LogP) is 3.31. The molecule has 0 aromatic heterocycles. The van der Waals surface area contributed by atoms with Crippen LogP contribution >= 0.6 is 0 Å². The van der Waals surface area contributed by atoms with Gasteiger partial charge in [0.05, 0.1) is 4.90 Å². The normalized spacial score (nSPS) is 20.8. The van der Waals surface area contributed by atoms with Crippen molar-refractivity contribution in [1.82, 2.24) is 14.5 Å². The zero-order valence-electron chi connectivity index (χ0n) is 19.9. The number of carbonyl (C=O) groups is 1. The number of anilines is 1. The number of hydrogen-bond donors (Lipinski definition) is 2. The van der Waals surface area contributed by atoms with Gasteiger partial charge in [-0.3, -0.25) is 4.79 Å². The molecule has 3 rings (SSSR count). The van der Waals surface area contributed by atoms with Crippen LogP contribution in [0.3, 0.4) is 0 Å². The molecule has 1 aliphatic heterocycles. The van der Waals surface area contributed by atoms with Gasteiger partial charge in [0.25, 0.3) is 5.91 Å². The van der Waals surface area contributed by atoms with Crippen LogP contribution in [0.5, 0.6) is 0 Å². The van der Waals surface area contributed by atoms with Gasteiger partial charge in [0, 0.05) is 43.0 Å². The van der Waals surface area contributed by atoms with Crippen LogP contribution in [0.2, 0.25) is 0 Å². The highest BCUT2D eigenvalue weighted by Crippen LogP contribution is 2.24. The minimum atomic E-state index is -3.77. The van der Waals surface area contributed by atoms with E-state index in [4.69, 9.17) is 0 Å². The molecule has 1 amide bonds. The number of likely N-dealkylation sites (N-methyl/N-ethyl adjacent to an activating group) is 1. The summed E-state index contributed by atoms with van der Waals surface area (Å²) < 4.78 is 28.9. The number of amides is 1. The van der Waals surface area contributed by atoms with Crippen molar-refractivity contribution in [3.63, 3.8) is 0 Å². The molecule has 1 unspecified atom stereocenters. The van der Waals surface area contributed by atoms with Crippen molar-refractivity contribution in [3.8, 4) is 0 Å². The highest BCUT2D eigenvalue weighted by atomic mass is 32.2. The van der Waals surface area contributed by atoms with Gasteiger partial charge in [0.2, 0.25) is 10.0 Å². The van der Waals surface area contributed by atoms with E-state index in [0.717, 1.165) is 45.3 Å². The quantitative estimate of drug-likeness (QED) is 0.634. The predicted molar refractivity (Wildman–Crippen MR) is 130 cm³/mol. The second-order valence-electron chi connectivity index (χ2n) is 10.1. The maximum atomic E-state index is 13.3. The number of hydrogen-bond acceptors (Lipinski definition) is 5. The molecule has 8 heteroatoms. The van der Waals surface area contributed by atoms with Gasteiger partial charge in [-0.25, -0.2) is 13.1 Å². The first-order chi connectivity index (χ1) is 15.0. The second kappa shape index (κ2) is 10.4. The molecular weight excluding hydrogens is 424 g/mol. The fourth-order valence-electron chi connectivity index (χ4n) is 4.18. The van der Waals surface area contributed by atoms with Crippen molar-refractivity contribution in [3.05, 3.63) is 35.9 Å². The third-order valence-electron chi connectivity index (χ3n) is 5.88. The SMILES string of the molecule is CN1CCCN(C(=O)c2cc(NCC3CC=CCC3)cc(S(=O)(=O)NC(C)(C)C)c2)CC1. The van der Waals surface area contributed by atoms with E-state index in [1.165, 1.54) is 6.07 Å². The fourth-order valence-corrected chi connectivity index (χ4v) is 5.67. The molecule has 1 fully saturated rings. The van der Waals surface area contributed by atoms with Crippen LogP contribution in [0.4, 0.5) is 5.69 Å². The maximum Gasteiger partial charge on any atom is 0.254 e. The van der Waals surface area contributed by atoms with Gasteiger partial charge in [0.15, 0.2) is 0 Å². The lowest BCUT2D eigenvalue weighted by Crippen LogP contribution is -2.40. The zero-order valence-corrected chi connectivity index (χ0v) is 20.7. The van der Waals surface area contributed by atoms with Gasteiger partial charge >= 0.3 is 0 Å². The Bertz CT molecular complexity index is 937. The number of sulfonamides is 1. The maximum absolute atomic E-state index is 13.3. The minimum Gasteiger partial charge on any atom is -0.385 e. The van der Waals surface area contributed by atoms with Crippen LogP contribution in [-0.4, -0.2) is 69.4 Å². The average molecular weight is 463 g/mol. The second-order valence-corrected chi connectivity index (χ2v) is 11.8. The summed E-state index contributed by atoms with van der Waals surface area (Å²) in [5, 5.41) is 3.40. The summed E-state index contributed by atoms with van der Waals surface area (Å²) in [5.41, 5.74) is 0.472. The van der Waals surface area contributed by atoms with Crippen LogP contribution in [0.1, 0.15) is 56.8 Å². The Hall–Kier alpha value is -1.90. The van der Waals surface area contributed by atoms with Crippen molar-refractivity contribution >= 4 is 21.6 Å². The Morgan fingerprint density at radius 1 is 1.09 bits per heavy atom. The Morgan fingerprint density at radius 2 is 1.88 bits per heavy atom. The molecule has 1 aromatic rings. The lowest BCUT2D eigenvalue weighted by molar-refractivity contribution is 0.0762. The van der Waals surface area contributed by atoms with E-state index in [9.17, 15) is 13.2 Å². The van der Waals surface area contributed by atoms with Gasteiger partial charge in [-0.2, -0.15) is 0 Å². The van der Waals surface area contributed by atoms with Crippen LogP contribution in [0.15, 0.2) is 35.2 Å². The molecule has 7 nitrogen and oxygen atoms in total. The van der Waals surface area contributed by atoms with Crippen molar-refractivity contribution in [2.75, 3.05) is 45.1 Å². The number of nitrogens with zero attached hydrogens (tertiary/aromatic N) is 2. The molecule has 0 saturated carbocycles. The molecule has 1 atom stereocenters. The molecule has 178 valence electrons. The van der Waals surface area contributed by atoms with Gasteiger partial charge in [-0.05, 0) is 84.2 Å². The van der Waals surface area contributed by atoms with Gasteiger partial charge in [0.1, 0.15) is 0 Å². The topological polar surface area (TPSA) is 81.8 Å². The summed E-state index contributed by atoms with van der Waals surface area (Å²) in [6.07, 6.45) is 8.52. The van der Waals surface area contributed by atoms with E-state index in [0.29, 0.717) is 30.3 Å². The van der Waals surface area contributed by atoms with E-state index in [-0.39, 0.29) is 10.8 Å². The summed E-state index contributed by atoms with van der Waals surface area (Å²) >= 11 is 0. The van der Waals surface area contributed by atoms with Crippen molar-refractivity contribution < 1.29 is 13.2 Å². The zero-order chi connectivity index (χ0) is 23.4. The Kier molecular flexibility index (Phi) is 8.01. The molecule has 1 aromatic carbocycles. The molecule has 0 spiro atoms. The minimum absolute atomic E-state index is 0.114. The molecule has 1 heterocycles. The smallest absolute Gasteiger partial charge is 0.254 e. The Morgan fingerprint density at radius 3 is 2.56 bits per heavy atom. The monoisotopic (exact) mass is 462 g/mol. The first-order valence-corrected chi connectivity index (χ1v) is 13.1. The number of carbonyl (C=O) groups excluding carboxylic acids is 1. The molecule has 0 radical (unpaired) electrons. The Balaban J connectivity index is 1.88. The standard InChI is InChI=1S/C24H38N4O3S/c1-24(2,3)26-32(30,31)22-16-20(23(29)28-12-8-11-27(4)13-14-28)15-21(17-22)25-18-19-9-6-5-7-10-19/h5-6,15-17,19,25-26H,7-14,18H2,1-4H3. The number of nitrogens with one attached hydrogen (secondary N) is 2. The summed E-state index contributed by atoms with van der Waals surface area (Å²) in [4.78, 5) is 17.5. The largest absolute Gasteiger partial charge is 0.385 e. The number of rotatable bonds is 6. The van der Waals surface area contributed by atoms with Crippen LogP contribution in [-0.2, 0) is 10.0 Å². The van der Waals surface area contributed by atoms with Crippen molar-refractivity contribution in [1.29, 1.82) is 0 Å². The first kappa shape index (κ1) is 24.7. The van der Waals surface area contributed by atoms with Gasteiger partial charge in [-0.1, -0.05) is 12.2 Å². The molecule has 1 saturated heterocycles. The van der Waals surface area contributed by atoms with Crippen LogP contribution < -0.4 is 10.0 Å². The molecule has 1 aliphatic carbocycles.